The Balaban J connectivity index is 2.15. The van der Waals surface area contributed by atoms with Gasteiger partial charge in [0.05, 0.1) is 6.04 Å². The molecule has 3 atom stereocenters. The molecule has 0 radical (unpaired) electrons. The minimum absolute atomic E-state index is 0.00583. The van der Waals surface area contributed by atoms with Crippen LogP contribution in [-0.4, -0.2) is 27.9 Å². The maximum atomic E-state index is 13.8. The van der Waals surface area contributed by atoms with E-state index in [0.717, 1.165) is 12.1 Å². The molecule has 1 saturated heterocycles. The Morgan fingerprint density at radius 1 is 1.07 bits per heavy atom. The van der Waals surface area contributed by atoms with Crippen molar-refractivity contribution < 1.29 is 27.5 Å². The number of carbonyl (C=O) groups is 1. The summed E-state index contributed by atoms with van der Waals surface area (Å²) in [6, 6.07) is 10.6. The van der Waals surface area contributed by atoms with Gasteiger partial charge in [0.15, 0.2) is 10.9 Å². The Morgan fingerprint density at radius 2 is 1.67 bits per heavy atom. The van der Waals surface area contributed by atoms with Crippen molar-refractivity contribution >= 4 is 23.1 Å². The Labute approximate surface area is 157 Å². The van der Waals surface area contributed by atoms with Crippen molar-refractivity contribution in [2.24, 2.45) is 5.92 Å². The third-order valence-corrected chi connectivity index (χ3v) is 4.60. The van der Waals surface area contributed by atoms with Crippen LogP contribution in [0, 0.1) is 11.7 Å². The molecule has 1 heterocycles. The molecule has 3 rings (SSSR count). The standard InChI is InChI=1S/C18H14F4N2O2S/c19-12-8-6-10(7-9-12)14-13(15(25)11-4-2-1-3-5-11)17(26,18(20,21)22)24-16(27)23-14/h1-9,13-14,26H,(H2,23,24,27)/t13-,14+,17+/m0/s1. The fourth-order valence-corrected chi connectivity index (χ4v) is 3.35. The van der Waals surface area contributed by atoms with Gasteiger partial charge in [-0.05, 0) is 29.9 Å². The second-order valence-corrected chi connectivity index (χ2v) is 6.51. The van der Waals surface area contributed by atoms with Gasteiger partial charge < -0.3 is 15.7 Å². The average molecular weight is 398 g/mol. The molecule has 0 bridgehead atoms. The molecule has 0 aromatic heterocycles. The summed E-state index contributed by atoms with van der Waals surface area (Å²) in [5, 5.41) is 14.4. The van der Waals surface area contributed by atoms with E-state index in [0.29, 0.717) is 0 Å². The van der Waals surface area contributed by atoms with Crippen molar-refractivity contribution in [3.63, 3.8) is 0 Å². The number of rotatable bonds is 3. The highest BCUT2D eigenvalue weighted by atomic mass is 32.1. The predicted molar refractivity (Wildman–Crippen MR) is 93.3 cm³/mol. The van der Waals surface area contributed by atoms with Crippen LogP contribution in [0.25, 0.3) is 0 Å². The first-order valence-electron chi connectivity index (χ1n) is 7.86. The highest BCUT2D eigenvalue weighted by Crippen LogP contribution is 2.43. The Hall–Kier alpha value is -2.52. The van der Waals surface area contributed by atoms with Crippen LogP contribution in [0.4, 0.5) is 17.6 Å². The van der Waals surface area contributed by atoms with Crippen LogP contribution < -0.4 is 10.6 Å². The molecule has 1 aliphatic heterocycles. The Morgan fingerprint density at radius 3 is 2.22 bits per heavy atom. The molecular weight excluding hydrogens is 384 g/mol. The quantitative estimate of drug-likeness (QED) is 0.421. The van der Waals surface area contributed by atoms with Crippen LogP contribution in [0.2, 0.25) is 0 Å². The van der Waals surface area contributed by atoms with Crippen LogP contribution in [0.3, 0.4) is 0 Å². The molecule has 1 aliphatic rings. The molecule has 9 heteroatoms. The van der Waals surface area contributed by atoms with Gasteiger partial charge in [0, 0.05) is 5.56 Å². The number of hydrogen-bond donors (Lipinski definition) is 3. The molecule has 1 fully saturated rings. The second-order valence-electron chi connectivity index (χ2n) is 6.10. The maximum Gasteiger partial charge on any atom is 0.437 e. The molecular formula is C18H14F4N2O2S. The van der Waals surface area contributed by atoms with Crippen LogP contribution in [-0.2, 0) is 0 Å². The zero-order valence-corrected chi connectivity index (χ0v) is 14.4. The molecule has 0 unspecified atom stereocenters. The number of ketones is 1. The highest BCUT2D eigenvalue weighted by molar-refractivity contribution is 7.80. The molecule has 0 spiro atoms. The summed E-state index contributed by atoms with van der Waals surface area (Å²) < 4.78 is 54.5. The van der Waals surface area contributed by atoms with Gasteiger partial charge >= 0.3 is 6.18 Å². The fraction of sp³-hybridized carbons (Fsp3) is 0.222. The number of Topliss-reactive ketones (excluding diaryl/α,β-unsaturated/α-hetero) is 1. The molecule has 2 aromatic rings. The van der Waals surface area contributed by atoms with Gasteiger partial charge in [-0.3, -0.25) is 4.79 Å². The van der Waals surface area contributed by atoms with E-state index in [4.69, 9.17) is 12.2 Å². The Kier molecular flexibility index (Phi) is 4.92. The van der Waals surface area contributed by atoms with Crippen molar-refractivity contribution in [2.75, 3.05) is 0 Å². The van der Waals surface area contributed by atoms with Gasteiger partial charge in [0.25, 0.3) is 0 Å². The number of nitrogens with one attached hydrogen (secondary N) is 2. The summed E-state index contributed by atoms with van der Waals surface area (Å²) in [6.07, 6.45) is -5.20. The van der Waals surface area contributed by atoms with E-state index in [2.05, 4.69) is 5.32 Å². The monoisotopic (exact) mass is 398 g/mol. The topological polar surface area (TPSA) is 61.4 Å². The summed E-state index contributed by atoms with van der Waals surface area (Å²) in [6.45, 7) is 0. The minimum Gasteiger partial charge on any atom is -0.363 e. The average Bonchev–Trinajstić information content (AvgIpc) is 2.61. The van der Waals surface area contributed by atoms with Gasteiger partial charge in [-0.25, -0.2) is 4.39 Å². The lowest BCUT2D eigenvalue weighted by atomic mass is 9.77. The molecule has 27 heavy (non-hydrogen) atoms. The first kappa shape index (κ1) is 19.2. The molecule has 142 valence electrons. The number of benzene rings is 2. The fourth-order valence-electron chi connectivity index (χ4n) is 3.07. The van der Waals surface area contributed by atoms with E-state index in [-0.39, 0.29) is 11.1 Å². The Bertz CT molecular complexity index is 858. The van der Waals surface area contributed by atoms with Crippen molar-refractivity contribution in [3.05, 3.63) is 71.5 Å². The summed E-state index contributed by atoms with van der Waals surface area (Å²) in [5.74, 6) is -3.53. The van der Waals surface area contributed by atoms with Crippen molar-refractivity contribution in [2.45, 2.75) is 17.9 Å². The van der Waals surface area contributed by atoms with E-state index >= 15 is 0 Å². The lowest BCUT2D eigenvalue weighted by Gasteiger charge is -2.46. The first-order chi connectivity index (χ1) is 12.6. The van der Waals surface area contributed by atoms with E-state index < -0.39 is 40.6 Å². The van der Waals surface area contributed by atoms with E-state index in [1.54, 1.807) is 11.4 Å². The third-order valence-electron chi connectivity index (χ3n) is 4.38. The number of thiocarbonyl (C=S) groups is 1. The summed E-state index contributed by atoms with van der Waals surface area (Å²) >= 11 is 4.81. The van der Waals surface area contributed by atoms with Crippen LogP contribution in [0.1, 0.15) is 22.0 Å². The number of alkyl halides is 3. The molecule has 2 aromatic carbocycles. The molecule has 0 saturated carbocycles. The van der Waals surface area contributed by atoms with Crippen LogP contribution >= 0.6 is 12.2 Å². The highest BCUT2D eigenvalue weighted by Gasteiger charge is 2.65. The third kappa shape index (κ3) is 3.52. The summed E-state index contributed by atoms with van der Waals surface area (Å²) in [4.78, 5) is 13.0. The largest absolute Gasteiger partial charge is 0.437 e. The predicted octanol–water partition coefficient (Wildman–Crippen LogP) is 3.09. The number of aliphatic hydroxyl groups is 1. The van der Waals surface area contributed by atoms with Crippen molar-refractivity contribution in [1.82, 2.24) is 10.6 Å². The summed E-state index contributed by atoms with van der Waals surface area (Å²) in [5.41, 5.74) is -3.42. The lowest BCUT2D eigenvalue weighted by Crippen LogP contribution is -2.72. The smallest absolute Gasteiger partial charge is 0.363 e. The SMILES string of the molecule is O=C(c1ccccc1)[C@@H]1[C@@H](c2ccc(F)cc2)NC(=S)N[C@]1(O)C(F)(F)F. The van der Waals surface area contributed by atoms with Crippen LogP contribution in [0.5, 0.6) is 0 Å². The van der Waals surface area contributed by atoms with Crippen molar-refractivity contribution in [3.8, 4) is 0 Å². The minimum atomic E-state index is -5.20. The number of carbonyl (C=O) groups excluding carboxylic acids is 1. The zero-order chi connectivity index (χ0) is 19.8. The molecule has 0 amide bonds. The van der Waals surface area contributed by atoms with Gasteiger partial charge in [0.2, 0.25) is 5.72 Å². The molecule has 3 N–H and O–H groups in total. The summed E-state index contributed by atoms with van der Waals surface area (Å²) in [7, 11) is 0. The number of halogens is 4. The van der Waals surface area contributed by atoms with Gasteiger partial charge in [0.1, 0.15) is 11.7 Å². The second kappa shape index (κ2) is 6.90. The first-order valence-corrected chi connectivity index (χ1v) is 8.27. The maximum absolute atomic E-state index is 13.8. The van der Waals surface area contributed by atoms with Gasteiger partial charge in [-0.2, -0.15) is 13.2 Å². The zero-order valence-electron chi connectivity index (χ0n) is 13.6. The van der Waals surface area contributed by atoms with Gasteiger partial charge in [-0.1, -0.05) is 42.5 Å². The van der Waals surface area contributed by atoms with E-state index in [1.807, 2.05) is 0 Å². The van der Waals surface area contributed by atoms with Crippen molar-refractivity contribution in [1.29, 1.82) is 0 Å². The van der Waals surface area contributed by atoms with Crippen LogP contribution in [0.15, 0.2) is 54.6 Å². The number of hydrogen-bond acceptors (Lipinski definition) is 3. The molecule has 0 aliphatic carbocycles. The lowest BCUT2D eigenvalue weighted by molar-refractivity contribution is -0.285. The normalized spacial score (nSPS) is 25.4. The van der Waals surface area contributed by atoms with E-state index in [1.165, 1.54) is 36.4 Å². The van der Waals surface area contributed by atoms with Gasteiger partial charge in [-0.15, -0.1) is 0 Å². The van der Waals surface area contributed by atoms with E-state index in [9.17, 15) is 27.5 Å². The molecule has 4 nitrogen and oxygen atoms in total.